The van der Waals surface area contributed by atoms with Crippen LogP contribution in [0.2, 0.25) is 0 Å². The average molecular weight is 224 g/mol. The molecule has 0 saturated heterocycles. The molecule has 16 heavy (non-hydrogen) atoms. The summed E-state index contributed by atoms with van der Waals surface area (Å²) in [7, 11) is 0. The van der Waals surface area contributed by atoms with Crippen molar-refractivity contribution < 1.29 is 9.90 Å². The largest absolute Gasteiger partial charge is 0.476 e. The number of carboxylic acids is 1. The third-order valence-corrected chi connectivity index (χ3v) is 1.97. The lowest BCUT2D eigenvalue weighted by atomic mass is 10.3. The van der Waals surface area contributed by atoms with Crippen LogP contribution in [0, 0.1) is 0 Å². The van der Waals surface area contributed by atoms with Crippen molar-refractivity contribution in [3.63, 3.8) is 0 Å². The molecule has 6 nitrogen and oxygen atoms in total. The van der Waals surface area contributed by atoms with Crippen LogP contribution < -0.4 is 10.6 Å². The van der Waals surface area contributed by atoms with Crippen LogP contribution in [0.4, 0.5) is 5.82 Å². The molecule has 0 fully saturated rings. The number of aromatic nitrogens is 2. The van der Waals surface area contributed by atoms with E-state index in [4.69, 9.17) is 5.11 Å². The number of nitrogens with one attached hydrogen (secondary N) is 2. The van der Waals surface area contributed by atoms with Gasteiger partial charge in [0.2, 0.25) is 0 Å². The smallest absolute Gasteiger partial charge is 0.356 e. The van der Waals surface area contributed by atoms with E-state index in [1.165, 1.54) is 6.07 Å². The quantitative estimate of drug-likeness (QED) is 0.587. The Balaban J connectivity index is 2.29. The summed E-state index contributed by atoms with van der Waals surface area (Å²) in [4.78, 5) is 10.5. The highest BCUT2D eigenvalue weighted by Gasteiger charge is 2.04. The Kier molecular flexibility index (Phi) is 5.21. The van der Waals surface area contributed by atoms with Crippen molar-refractivity contribution in [1.29, 1.82) is 0 Å². The molecule has 0 amide bonds. The minimum atomic E-state index is -1.06. The van der Waals surface area contributed by atoms with Crippen molar-refractivity contribution in [1.82, 2.24) is 15.5 Å². The molecule has 0 aliphatic rings. The summed E-state index contributed by atoms with van der Waals surface area (Å²) in [5, 5.41) is 22.2. The van der Waals surface area contributed by atoms with Gasteiger partial charge in [-0.1, -0.05) is 6.92 Å². The van der Waals surface area contributed by atoms with Gasteiger partial charge < -0.3 is 15.7 Å². The molecule has 88 valence electrons. The summed E-state index contributed by atoms with van der Waals surface area (Å²) >= 11 is 0. The van der Waals surface area contributed by atoms with Crippen LogP contribution >= 0.6 is 0 Å². The molecular formula is C10H16N4O2. The van der Waals surface area contributed by atoms with Crippen LogP contribution in [0.25, 0.3) is 0 Å². The van der Waals surface area contributed by atoms with Gasteiger partial charge in [0.05, 0.1) is 0 Å². The molecule has 6 heteroatoms. The van der Waals surface area contributed by atoms with E-state index in [2.05, 4.69) is 27.8 Å². The Bertz CT molecular complexity index is 326. The minimum Gasteiger partial charge on any atom is -0.476 e. The third kappa shape index (κ3) is 4.22. The lowest BCUT2D eigenvalue weighted by Gasteiger charge is -2.04. The van der Waals surface area contributed by atoms with Crippen molar-refractivity contribution in [3.05, 3.63) is 17.8 Å². The van der Waals surface area contributed by atoms with Gasteiger partial charge in [0.25, 0.3) is 0 Å². The van der Waals surface area contributed by atoms with Crippen LogP contribution in [0.3, 0.4) is 0 Å². The molecular weight excluding hydrogens is 208 g/mol. The first-order valence-corrected chi connectivity index (χ1v) is 5.25. The number of hydrogen-bond donors (Lipinski definition) is 3. The second kappa shape index (κ2) is 6.73. The lowest BCUT2D eigenvalue weighted by Crippen LogP contribution is -2.17. The third-order valence-electron chi connectivity index (χ3n) is 1.97. The molecule has 0 bridgehead atoms. The topological polar surface area (TPSA) is 87.1 Å². The van der Waals surface area contributed by atoms with Gasteiger partial charge in [0.15, 0.2) is 5.69 Å². The molecule has 0 spiro atoms. The molecule has 3 N–H and O–H groups in total. The van der Waals surface area contributed by atoms with Gasteiger partial charge >= 0.3 is 5.97 Å². The summed E-state index contributed by atoms with van der Waals surface area (Å²) in [5.74, 6) is -0.465. The van der Waals surface area contributed by atoms with E-state index >= 15 is 0 Å². The van der Waals surface area contributed by atoms with Crippen molar-refractivity contribution >= 4 is 11.8 Å². The second-order valence-electron chi connectivity index (χ2n) is 3.24. The maximum Gasteiger partial charge on any atom is 0.356 e. The number of carbonyl (C=O) groups is 1. The molecule has 1 heterocycles. The van der Waals surface area contributed by atoms with Crippen LogP contribution in [0.15, 0.2) is 12.1 Å². The molecule has 1 aromatic rings. The van der Waals surface area contributed by atoms with E-state index in [1.807, 2.05) is 0 Å². The van der Waals surface area contributed by atoms with Crippen molar-refractivity contribution in [2.24, 2.45) is 0 Å². The minimum absolute atomic E-state index is 0.0433. The van der Waals surface area contributed by atoms with Gasteiger partial charge in [0.1, 0.15) is 5.82 Å². The van der Waals surface area contributed by atoms with Crippen LogP contribution in [0.5, 0.6) is 0 Å². The van der Waals surface area contributed by atoms with Gasteiger partial charge in [-0.05, 0) is 31.6 Å². The number of nitrogens with zero attached hydrogens (tertiary/aromatic N) is 2. The first-order valence-electron chi connectivity index (χ1n) is 5.25. The number of anilines is 1. The standard InChI is InChI=1S/C10H16N4O2/c1-2-11-6-3-7-12-9-5-4-8(10(15)16)13-14-9/h4-5,11H,2-3,6-7H2,1H3,(H,12,14)(H,15,16). The fourth-order valence-electron chi connectivity index (χ4n) is 1.15. The van der Waals surface area contributed by atoms with Gasteiger partial charge in [-0.2, -0.15) is 0 Å². The molecule has 0 saturated carbocycles. The monoisotopic (exact) mass is 224 g/mol. The van der Waals surface area contributed by atoms with Gasteiger partial charge in [0, 0.05) is 6.54 Å². The van der Waals surface area contributed by atoms with Crippen LogP contribution in [0.1, 0.15) is 23.8 Å². The summed E-state index contributed by atoms with van der Waals surface area (Å²) in [6, 6.07) is 3.05. The van der Waals surface area contributed by atoms with E-state index in [9.17, 15) is 4.79 Å². The fourth-order valence-corrected chi connectivity index (χ4v) is 1.15. The Morgan fingerprint density at radius 2 is 2.19 bits per heavy atom. The van der Waals surface area contributed by atoms with Crippen molar-refractivity contribution in [3.8, 4) is 0 Å². The molecule has 0 unspecified atom stereocenters. The first kappa shape index (κ1) is 12.4. The predicted molar refractivity (Wildman–Crippen MR) is 60.6 cm³/mol. The number of rotatable bonds is 7. The normalized spacial score (nSPS) is 10.1. The average Bonchev–Trinajstić information content (AvgIpc) is 2.29. The summed E-state index contributed by atoms with van der Waals surface area (Å²) < 4.78 is 0. The molecule has 0 aromatic carbocycles. The lowest BCUT2D eigenvalue weighted by molar-refractivity contribution is 0.0689. The maximum absolute atomic E-state index is 10.5. The summed E-state index contributed by atoms with van der Waals surface area (Å²) in [6.45, 7) is 4.76. The number of carboxylic acid groups (broad SMARTS) is 1. The van der Waals surface area contributed by atoms with E-state index in [-0.39, 0.29) is 5.69 Å². The van der Waals surface area contributed by atoms with E-state index in [1.54, 1.807) is 6.07 Å². The highest BCUT2D eigenvalue weighted by molar-refractivity contribution is 5.85. The van der Waals surface area contributed by atoms with Gasteiger partial charge in [-0.15, -0.1) is 10.2 Å². The number of aromatic carboxylic acids is 1. The SMILES string of the molecule is CCNCCCNc1ccc(C(=O)O)nn1. The van der Waals surface area contributed by atoms with E-state index in [0.29, 0.717) is 5.82 Å². The van der Waals surface area contributed by atoms with Gasteiger partial charge in [-0.25, -0.2) is 4.79 Å². The van der Waals surface area contributed by atoms with E-state index in [0.717, 1.165) is 26.1 Å². The molecule has 0 aliphatic heterocycles. The molecule has 0 aliphatic carbocycles. The Morgan fingerprint density at radius 3 is 2.75 bits per heavy atom. The van der Waals surface area contributed by atoms with E-state index < -0.39 is 5.97 Å². The zero-order valence-corrected chi connectivity index (χ0v) is 9.23. The van der Waals surface area contributed by atoms with Crippen molar-refractivity contribution in [2.75, 3.05) is 25.0 Å². The Morgan fingerprint density at radius 1 is 1.38 bits per heavy atom. The molecule has 0 radical (unpaired) electrons. The van der Waals surface area contributed by atoms with Gasteiger partial charge in [-0.3, -0.25) is 0 Å². The van der Waals surface area contributed by atoms with Crippen LogP contribution in [-0.2, 0) is 0 Å². The molecule has 1 rings (SSSR count). The highest BCUT2D eigenvalue weighted by Crippen LogP contribution is 2.01. The zero-order valence-electron chi connectivity index (χ0n) is 9.23. The summed E-state index contributed by atoms with van der Waals surface area (Å²) in [5.41, 5.74) is -0.0433. The maximum atomic E-state index is 10.5. The summed E-state index contributed by atoms with van der Waals surface area (Å²) in [6.07, 6.45) is 0.982. The molecule has 0 atom stereocenters. The Labute approximate surface area is 94.1 Å². The molecule has 1 aromatic heterocycles. The zero-order chi connectivity index (χ0) is 11.8. The second-order valence-corrected chi connectivity index (χ2v) is 3.24. The van der Waals surface area contributed by atoms with Crippen molar-refractivity contribution in [2.45, 2.75) is 13.3 Å². The Hall–Kier alpha value is -1.69. The number of hydrogen-bond acceptors (Lipinski definition) is 5. The highest BCUT2D eigenvalue weighted by atomic mass is 16.4. The fraction of sp³-hybridized carbons (Fsp3) is 0.500. The van der Waals surface area contributed by atoms with Crippen LogP contribution in [-0.4, -0.2) is 40.9 Å². The predicted octanol–water partition coefficient (Wildman–Crippen LogP) is 0.586. The first-order chi connectivity index (χ1) is 7.74.